The molecule has 0 unspecified atom stereocenters. The van der Waals surface area contributed by atoms with Crippen molar-refractivity contribution in [2.75, 3.05) is 14.2 Å². The summed E-state index contributed by atoms with van der Waals surface area (Å²) in [6.45, 7) is 0.588. The van der Waals surface area contributed by atoms with Gasteiger partial charge in [-0.2, -0.15) is 0 Å². The average Bonchev–Trinajstić information content (AvgIpc) is 2.11. The predicted octanol–water partition coefficient (Wildman–Crippen LogP) is 2.21. The first-order chi connectivity index (χ1) is 6.19. The van der Waals surface area contributed by atoms with E-state index in [0.29, 0.717) is 12.3 Å². The van der Waals surface area contributed by atoms with Crippen molar-refractivity contribution in [2.45, 2.75) is 6.54 Å². The molecule has 0 aromatic heterocycles. The van der Waals surface area contributed by atoms with Crippen molar-refractivity contribution in [1.82, 2.24) is 5.32 Å². The monoisotopic (exact) mass is 203 g/mol. The Bertz CT molecular complexity index is 304. The Labute approximate surface area is 81.7 Å². The van der Waals surface area contributed by atoms with Crippen LogP contribution >= 0.6 is 11.6 Å². The van der Waals surface area contributed by atoms with Crippen LogP contribution in [-0.4, -0.2) is 14.2 Å². The van der Waals surface area contributed by atoms with Gasteiger partial charge in [-0.05, 0) is 24.7 Å². The Balaban J connectivity index is 3.06. The zero-order valence-electron chi connectivity index (χ0n) is 7.53. The Morgan fingerprint density at radius 3 is 2.77 bits per heavy atom. The molecule has 2 nitrogen and oxygen atoms in total. The lowest BCUT2D eigenvalue weighted by Crippen LogP contribution is -2.05. The topological polar surface area (TPSA) is 21.3 Å². The van der Waals surface area contributed by atoms with Crippen molar-refractivity contribution in [1.29, 1.82) is 0 Å². The minimum atomic E-state index is -0.453. The average molecular weight is 204 g/mol. The number of ether oxygens (including phenoxy) is 1. The van der Waals surface area contributed by atoms with E-state index in [2.05, 4.69) is 5.32 Å². The Kier molecular flexibility index (Phi) is 3.51. The summed E-state index contributed by atoms with van der Waals surface area (Å²) >= 11 is 5.65. The first-order valence-electron chi connectivity index (χ1n) is 3.85. The van der Waals surface area contributed by atoms with Crippen molar-refractivity contribution in [3.8, 4) is 5.75 Å². The minimum Gasteiger partial charge on any atom is -0.495 e. The zero-order chi connectivity index (χ0) is 9.84. The Morgan fingerprint density at radius 1 is 1.54 bits per heavy atom. The van der Waals surface area contributed by atoms with Gasteiger partial charge < -0.3 is 10.1 Å². The molecule has 0 radical (unpaired) electrons. The molecule has 0 aliphatic rings. The first kappa shape index (κ1) is 10.3. The molecule has 4 heteroatoms. The fourth-order valence-corrected chi connectivity index (χ4v) is 1.26. The van der Waals surface area contributed by atoms with Crippen molar-refractivity contribution in [3.05, 3.63) is 28.5 Å². The van der Waals surface area contributed by atoms with Crippen LogP contribution in [-0.2, 0) is 6.54 Å². The van der Waals surface area contributed by atoms with Gasteiger partial charge >= 0.3 is 0 Å². The van der Waals surface area contributed by atoms with Gasteiger partial charge in [0.05, 0.1) is 7.11 Å². The van der Waals surface area contributed by atoms with E-state index in [1.165, 1.54) is 13.2 Å². The van der Waals surface area contributed by atoms with Gasteiger partial charge in [0.2, 0.25) is 0 Å². The maximum Gasteiger partial charge on any atom is 0.145 e. The summed E-state index contributed by atoms with van der Waals surface area (Å²) in [5.41, 5.74) is 0.807. The summed E-state index contributed by atoms with van der Waals surface area (Å²) in [6, 6.07) is 3.10. The van der Waals surface area contributed by atoms with Crippen LogP contribution in [0.15, 0.2) is 12.1 Å². The standard InChI is InChI=1S/C9H11ClFNO/c1-12-5-6-3-7(11)9(10)8(4-6)13-2/h3-4,12H,5H2,1-2H3. The highest BCUT2D eigenvalue weighted by Gasteiger charge is 2.08. The predicted molar refractivity (Wildman–Crippen MR) is 50.7 cm³/mol. The number of benzene rings is 1. The van der Waals surface area contributed by atoms with Crippen molar-refractivity contribution < 1.29 is 9.13 Å². The normalized spacial score (nSPS) is 10.2. The van der Waals surface area contributed by atoms with Gasteiger partial charge in [-0.3, -0.25) is 0 Å². The van der Waals surface area contributed by atoms with Crippen LogP contribution in [0.4, 0.5) is 4.39 Å². The molecule has 0 fully saturated rings. The highest BCUT2D eigenvalue weighted by molar-refractivity contribution is 6.32. The third-order valence-electron chi connectivity index (χ3n) is 1.66. The molecule has 1 aromatic carbocycles. The number of halogens is 2. The second-order valence-electron chi connectivity index (χ2n) is 2.62. The van der Waals surface area contributed by atoms with E-state index in [0.717, 1.165) is 5.56 Å². The van der Waals surface area contributed by atoms with E-state index >= 15 is 0 Å². The van der Waals surface area contributed by atoms with E-state index in [4.69, 9.17) is 16.3 Å². The molecular weight excluding hydrogens is 193 g/mol. The summed E-state index contributed by atoms with van der Waals surface area (Å²) in [5, 5.41) is 2.95. The van der Waals surface area contributed by atoms with Gasteiger partial charge in [-0.1, -0.05) is 11.6 Å². The smallest absolute Gasteiger partial charge is 0.145 e. The number of rotatable bonds is 3. The second-order valence-corrected chi connectivity index (χ2v) is 3.00. The molecule has 0 spiro atoms. The van der Waals surface area contributed by atoms with Crippen LogP contribution in [0.25, 0.3) is 0 Å². The van der Waals surface area contributed by atoms with Crippen molar-refractivity contribution in [2.24, 2.45) is 0 Å². The Morgan fingerprint density at radius 2 is 2.23 bits per heavy atom. The van der Waals surface area contributed by atoms with Gasteiger partial charge in [0, 0.05) is 6.54 Å². The molecule has 0 bridgehead atoms. The lowest BCUT2D eigenvalue weighted by Gasteiger charge is -2.07. The number of hydrogen-bond acceptors (Lipinski definition) is 2. The quantitative estimate of drug-likeness (QED) is 0.814. The zero-order valence-corrected chi connectivity index (χ0v) is 8.28. The van der Waals surface area contributed by atoms with E-state index in [9.17, 15) is 4.39 Å². The Hall–Kier alpha value is -0.800. The summed E-state index contributed by atoms with van der Waals surface area (Å²) < 4.78 is 18.0. The molecule has 0 atom stereocenters. The molecule has 0 amide bonds. The fraction of sp³-hybridized carbons (Fsp3) is 0.333. The van der Waals surface area contributed by atoms with Crippen LogP contribution in [0.5, 0.6) is 5.75 Å². The third-order valence-corrected chi connectivity index (χ3v) is 2.02. The molecule has 0 saturated heterocycles. The van der Waals surface area contributed by atoms with Crippen LogP contribution in [0, 0.1) is 5.82 Å². The molecule has 1 aromatic rings. The lowest BCUT2D eigenvalue weighted by atomic mass is 10.2. The molecule has 0 aliphatic carbocycles. The van der Waals surface area contributed by atoms with Gasteiger partial charge in [0.1, 0.15) is 16.6 Å². The van der Waals surface area contributed by atoms with E-state index in [-0.39, 0.29) is 5.02 Å². The summed E-state index contributed by atoms with van der Waals surface area (Å²) in [6.07, 6.45) is 0. The SMILES string of the molecule is CNCc1cc(F)c(Cl)c(OC)c1. The molecule has 0 aliphatic heterocycles. The molecule has 0 heterocycles. The molecular formula is C9H11ClFNO. The highest BCUT2D eigenvalue weighted by atomic mass is 35.5. The first-order valence-corrected chi connectivity index (χ1v) is 4.23. The van der Waals surface area contributed by atoms with Crippen molar-refractivity contribution >= 4 is 11.6 Å². The largest absolute Gasteiger partial charge is 0.495 e. The number of methoxy groups -OCH3 is 1. The van der Waals surface area contributed by atoms with Gasteiger partial charge in [-0.15, -0.1) is 0 Å². The van der Waals surface area contributed by atoms with E-state index in [1.807, 2.05) is 0 Å². The van der Waals surface area contributed by atoms with Crippen LogP contribution in [0.2, 0.25) is 5.02 Å². The molecule has 1 rings (SSSR count). The van der Waals surface area contributed by atoms with Gasteiger partial charge in [-0.25, -0.2) is 4.39 Å². The highest BCUT2D eigenvalue weighted by Crippen LogP contribution is 2.28. The van der Waals surface area contributed by atoms with Crippen LogP contribution < -0.4 is 10.1 Å². The summed E-state index contributed by atoms with van der Waals surface area (Å²) in [7, 11) is 3.25. The van der Waals surface area contributed by atoms with Gasteiger partial charge in [0.15, 0.2) is 0 Å². The maximum absolute atomic E-state index is 13.1. The van der Waals surface area contributed by atoms with Gasteiger partial charge in [0.25, 0.3) is 0 Å². The van der Waals surface area contributed by atoms with Crippen molar-refractivity contribution in [3.63, 3.8) is 0 Å². The molecule has 13 heavy (non-hydrogen) atoms. The molecule has 72 valence electrons. The van der Waals surface area contributed by atoms with Crippen LogP contribution in [0.1, 0.15) is 5.56 Å². The summed E-state index contributed by atoms with van der Waals surface area (Å²) in [4.78, 5) is 0. The molecule has 0 saturated carbocycles. The number of nitrogens with one attached hydrogen (secondary N) is 1. The molecule has 1 N–H and O–H groups in total. The fourth-order valence-electron chi connectivity index (χ4n) is 1.07. The minimum absolute atomic E-state index is 0.0300. The maximum atomic E-state index is 13.1. The second kappa shape index (κ2) is 4.44. The van der Waals surface area contributed by atoms with E-state index in [1.54, 1.807) is 13.1 Å². The third kappa shape index (κ3) is 2.32. The van der Waals surface area contributed by atoms with Crippen LogP contribution in [0.3, 0.4) is 0 Å². The van der Waals surface area contributed by atoms with E-state index < -0.39 is 5.82 Å². The number of hydrogen-bond donors (Lipinski definition) is 1. The lowest BCUT2D eigenvalue weighted by molar-refractivity contribution is 0.410. The summed E-state index contributed by atoms with van der Waals surface area (Å²) in [5.74, 6) is -0.0850.